The van der Waals surface area contributed by atoms with Crippen molar-refractivity contribution in [1.29, 1.82) is 0 Å². The van der Waals surface area contributed by atoms with Crippen molar-refractivity contribution in [2.24, 2.45) is 0 Å². The normalized spacial score (nSPS) is 11.6. The molecule has 178 valence electrons. The van der Waals surface area contributed by atoms with Crippen LogP contribution < -0.4 is 16.0 Å². The van der Waals surface area contributed by atoms with E-state index in [1.54, 1.807) is 34.6 Å². The highest BCUT2D eigenvalue weighted by Gasteiger charge is 2.25. The van der Waals surface area contributed by atoms with Crippen molar-refractivity contribution >= 4 is 23.4 Å². The number of rotatable bonds is 7. The molecule has 0 saturated heterocycles. The SMILES string of the molecule is CC.CC.CC(=O)Nc1c(C)c(C(=O)NCC(C)O)c(C)c(C(=O)NCC(C)O)c1C. The Balaban J connectivity index is 0. The smallest absolute Gasteiger partial charge is 0.252 e. The number of nitrogens with one attached hydrogen (secondary N) is 3. The molecule has 1 rings (SSSR count). The lowest BCUT2D eigenvalue weighted by Crippen LogP contribution is -2.34. The molecule has 0 aromatic heterocycles. The van der Waals surface area contributed by atoms with E-state index in [4.69, 9.17) is 0 Å². The van der Waals surface area contributed by atoms with Gasteiger partial charge in [0.1, 0.15) is 0 Å². The highest BCUT2D eigenvalue weighted by Crippen LogP contribution is 2.31. The van der Waals surface area contributed by atoms with Crippen molar-refractivity contribution < 1.29 is 24.6 Å². The third-order valence-electron chi connectivity index (χ3n) is 4.12. The Labute approximate surface area is 186 Å². The van der Waals surface area contributed by atoms with Crippen LogP contribution in [0.4, 0.5) is 5.69 Å². The first-order chi connectivity index (χ1) is 14.5. The first kappa shape index (κ1) is 30.7. The molecule has 2 atom stereocenters. The maximum Gasteiger partial charge on any atom is 0.252 e. The summed E-state index contributed by atoms with van der Waals surface area (Å²) >= 11 is 0. The van der Waals surface area contributed by atoms with Crippen LogP contribution in [0.2, 0.25) is 0 Å². The zero-order chi connectivity index (χ0) is 24.9. The summed E-state index contributed by atoms with van der Waals surface area (Å²) < 4.78 is 0. The molecule has 5 N–H and O–H groups in total. The minimum absolute atomic E-state index is 0.0601. The van der Waals surface area contributed by atoms with Gasteiger partial charge in [-0.25, -0.2) is 0 Å². The molecule has 3 amide bonds. The zero-order valence-corrected chi connectivity index (χ0v) is 20.7. The van der Waals surface area contributed by atoms with Crippen LogP contribution in [-0.4, -0.2) is 53.2 Å². The van der Waals surface area contributed by atoms with E-state index in [0.717, 1.165) is 0 Å². The lowest BCUT2D eigenvalue weighted by Gasteiger charge is -2.22. The fraction of sp³-hybridized carbons (Fsp3) is 0.609. The molecule has 0 aliphatic rings. The first-order valence-corrected chi connectivity index (χ1v) is 10.8. The number of aliphatic hydroxyl groups excluding tert-OH is 2. The number of hydrogen-bond acceptors (Lipinski definition) is 5. The number of aliphatic hydroxyl groups is 2. The third kappa shape index (κ3) is 9.48. The topological polar surface area (TPSA) is 128 Å². The van der Waals surface area contributed by atoms with Crippen molar-refractivity contribution in [1.82, 2.24) is 10.6 Å². The van der Waals surface area contributed by atoms with Crippen LogP contribution in [0.15, 0.2) is 0 Å². The molecule has 0 fully saturated rings. The molecule has 0 radical (unpaired) electrons. The molecule has 0 spiro atoms. The van der Waals surface area contributed by atoms with Gasteiger partial charge in [-0.1, -0.05) is 27.7 Å². The monoisotopic (exact) mass is 439 g/mol. The predicted molar refractivity (Wildman–Crippen MR) is 126 cm³/mol. The lowest BCUT2D eigenvalue weighted by atomic mass is 9.90. The van der Waals surface area contributed by atoms with Gasteiger partial charge in [0.2, 0.25) is 5.91 Å². The molecule has 0 bridgehead atoms. The van der Waals surface area contributed by atoms with Crippen LogP contribution in [0.3, 0.4) is 0 Å². The number of carbonyl (C=O) groups excluding carboxylic acids is 3. The lowest BCUT2D eigenvalue weighted by molar-refractivity contribution is -0.114. The van der Waals surface area contributed by atoms with Gasteiger partial charge in [-0.05, 0) is 51.3 Å². The summed E-state index contributed by atoms with van der Waals surface area (Å²) in [5.41, 5.74) is 2.48. The van der Waals surface area contributed by atoms with E-state index < -0.39 is 24.0 Å². The van der Waals surface area contributed by atoms with Crippen LogP contribution >= 0.6 is 0 Å². The Morgan fingerprint density at radius 2 is 1.06 bits per heavy atom. The van der Waals surface area contributed by atoms with Crippen molar-refractivity contribution in [3.63, 3.8) is 0 Å². The molecule has 8 heteroatoms. The van der Waals surface area contributed by atoms with Gasteiger partial charge in [-0.2, -0.15) is 0 Å². The van der Waals surface area contributed by atoms with Crippen molar-refractivity contribution in [2.45, 2.75) is 81.4 Å². The Morgan fingerprint density at radius 1 is 0.742 bits per heavy atom. The molecule has 2 unspecified atom stereocenters. The van der Waals surface area contributed by atoms with Crippen molar-refractivity contribution in [3.8, 4) is 0 Å². The molecule has 0 aliphatic carbocycles. The summed E-state index contributed by atoms with van der Waals surface area (Å²) in [6.45, 7) is 17.6. The fourth-order valence-corrected chi connectivity index (χ4v) is 2.92. The molecule has 8 nitrogen and oxygen atoms in total. The molecule has 1 aromatic carbocycles. The van der Waals surface area contributed by atoms with Gasteiger partial charge in [0.05, 0.1) is 12.2 Å². The van der Waals surface area contributed by atoms with Crippen molar-refractivity contribution in [3.05, 3.63) is 27.8 Å². The second-order valence-corrected chi connectivity index (χ2v) is 6.80. The third-order valence-corrected chi connectivity index (χ3v) is 4.12. The van der Waals surface area contributed by atoms with E-state index in [1.807, 2.05) is 27.7 Å². The van der Waals surface area contributed by atoms with E-state index >= 15 is 0 Å². The summed E-state index contributed by atoms with van der Waals surface area (Å²) in [5.74, 6) is -1.21. The van der Waals surface area contributed by atoms with Gasteiger partial charge in [0.15, 0.2) is 0 Å². The predicted octanol–water partition coefficient (Wildman–Crippen LogP) is 2.84. The molecule has 0 saturated carbocycles. The van der Waals surface area contributed by atoms with Gasteiger partial charge >= 0.3 is 0 Å². The summed E-state index contributed by atoms with van der Waals surface area (Å²) in [5, 5.41) is 26.8. The van der Waals surface area contributed by atoms with Gasteiger partial charge in [-0.3, -0.25) is 14.4 Å². The molecular formula is C23H41N3O5. The Bertz CT molecular complexity index is 692. The second-order valence-electron chi connectivity index (χ2n) is 6.80. The number of benzene rings is 1. The van der Waals surface area contributed by atoms with Crippen LogP contribution in [0.1, 0.15) is 85.9 Å². The van der Waals surface area contributed by atoms with Gasteiger partial charge in [0, 0.05) is 36.8 Å². The number of amides is 3. The highest BCUT2D eigenvalue weighted by atomic mass is 16.3. The van der Waals surface area contributed by atoms with Crippen LogP contribution in [-0.2, 0) is 4.79 Å². The maximum absolute atomic E-state index is 12.7. The highest BCUT2D eigenvalue weighted by molar-refractivity contribution is 6.07. The second kappa shape index (κ2) is 15.4. The summed E-state index contributed by atoms with van der Waals surface area (Å²) in [6.07, 6.45) is -1.44. The minimum Gasteiger partial charge on any atom is -0.392 e. The Kier molecular flexibility index (Phi) is 15.2. The van der Waals surface area contributed by atoms with E-state index in [1.165, 1.54) is 6.92 Å². The van der Waals surface area contributed by atoms with E-state index in [0.29, 0.717) is 22.4 Å². The van der Waals surface area contributed by atoms with E-state index in [-0.39, 0.29) is 30.1 Å². The Hall–Kier alpha value is -2.45. The summed E-state index contributed by atoms with van der Waals surface area (Å²) in [7, 11) is 0. The van der Waals surface area contributed by atoms with Gasteiger partial charge < -0.3 is 26.2 Å². The van der Waals surface area contributed by atoms with Gasteiger partial charge in [-0.15, -0.1) is 0 Å². The molecule has 1 aromatic rings. The average molecular weight is 440 g/mol. The van der Waals surface area contributed by atoms with E-state index in [2.05, 4.69) is 16.0 Å². The van der Waals surface area contributed by atoms with Gasteiger partial charge in [0.25, 0.3) is 11.8 Å². The molecular weight excluding hydrogens is 398 g/mol. The quantitative estimate of drug-likeness (QED) is 0.446. The summed E-state index contributed by atoms with van der Waals surface area (Å²) in [6, 6.07) is 0. The largest absolute Gasteiger partial charge is 0.392 e. The minimum atomic E-state index is -0.719. The number of hydrogen-bond donors (Lipinski definition) is 5. The van der Waals surface area contributed by atoms with Crippen molar-refractivity contribution in [2.75, 3.05) is 18.4 Å². The zero-order valence-electron chi connectivity index (χ0n) is 20.7. The summed E-state index contributed by atoms with van der Waals surface area (Å²) in [4.78, 5) is 37.0. The molecule has 31 heavy (non-hydrogen) atoms. The van der Waals surface area contributed by atoms with Crippen LogP contribution in [0.5, 0.6) is 0 Å². The Morgan fingerprint density at radius 3 is 1.32 bits per heavy atom. The van der Waals surface area contributed by atoms with E-state index in [9.17, 15) is 24.6 Å². The fourth-order valence-electron chi connectivity index (χ4n) is 2.92. The first-order valence-electron chi connectivity index (χ1n) is 10.8. The van der Waals surface area contributed by atoms with Crippen LogP contribution in [0, 0.1) is 20.8 Å². The molecule has 0 aliphatic heterocycles. The molecule has 0 heterocycles. The average Bonchev–Trinajstić information content (AvgIpc) is 2.71. The van der Waals surface area contributed by atoms with Crippen LogP contribution in [0.25, 0.3) is 0 Å². The number of anilines is 1. The standard InChI is InChI=1S/C19H29N3O5.2C2H6/c1-9(23)7-20-18(26)15-11(3)16(19(27)21-8-10(2)24)13(5)17(12(15)4)22-14(6)25;2*1-2/h9-10,23-24H,7-8H2,1-6H3,(H,20,26)(H,21,27)(H,22,25);2*1-2H3. The maximum atomic E-state index is 12.7. The number of carbonyl (C=O) groups is 3.